The molecular weight excluding hydrogens is 345 g/mol. The van der Waals surface area contributed by atoms with Gasteiger partial charge in [0.1, 0.15) is 0 Å². The first kappa shape index (κ1) is 21.8. The molecule has 9 heteroatoms. The fourth-order valence-corrected chi connectivity index (χ4v) is 3.46. The van der Waals surface area contributed by atoms with Gasteiger partial charge in [0.05, 0.1) is 12.3 Å². The van der Waals surface area contributed by atoms with Crippen molar-refractivity contribution in [2.75, 3.05) is 13.3 Å². The lowest BCUT2D eigenvalue weighted by atomic mass is 9.93. The number of nitrogens with zero attached hydrogens (tertiary/aromatic N) is 3. The molecule has 1 aromatic heterocycles. The molecular formula is C16H30N3O5P. The highest BCUT2D eigenvalue weighted by Gasteiger charge is 2.29. The second-order valence-electron chi connectivity index (χ2n) is 6.66. The van der Waals surface area contributed by atoms with Crippen molar-refractivity contribution >= 4 is 13.6 Å². The Morgan fingerprint density at radius 1 is 1.40 bits per heavy atom. The van der Waals surface area contributed by atoms with Crippen molar-refractivity contribution < 1.29 is 23.5 Å². The lowest BCUT2D eigenvalue weighted by molar-refractivity contribution is -0.145. The third kappa shape index (κ3) is 8.12. The van der Waals surface area contributed by atoms with Crippen molar-refractivity contribution in [3.8, 4) is 0 Å². The highest BCUT2D eigenvalue weighted by molar-refractivity contribution is 7.53. The molecule has 144 valence electrons. The van der Waals surface area contributed by atoms with Crippen LogP contribution in [0.2, 0.25) is 0 Å². The number of aromatic nitrogens is 3. The van der Waals surface area contributed by atoms with E-state index >= 15 is 0 Å². The molecule has 1 aromatic rings. The van der Waals surface area contributed by atoms with Crippen LogP contribution in [-0.4, -0.2) is 45.4 Å². The van der Waals surface area contributed by atoms with Crippen LogP contribution in [0.4, 0.5) is 0 Å². The van der Waals surface area contributed by atoms with E-state index in [4.69, 9.17) is 9.05 Å². The maximum absolute atomic E-state index is 12.0. The van der Waals surface area contributed by atoms with E-state index in [2.05, 4.69) is 31.1 Å². The molecule has 0 aromatic carbocycles. The van der Waals surface area contributed by atoms with Gasteiger partial charge in [-0.1, -0.05) is 26.0 Å². The van der Waals surface area contributed by atoms with E-state index in [0.29, 0.717) is 17.5 Å². The number of rotatable bonds is 12. The van der Waals surface area contributed by atoms with Crippen LogP contribution in [0.3, 0.4) is 0 Å². The minimum atomic E-state index is -3.41. The summed E-state index contributed by atoms with van der Waals surface area (Å²) in [6.45, 7) is 10.5. The molecule has 25 heavy (non-hydrogen) atoms. The van der Waals surface area contributed by atoms with E-state index in [9.17, 15) is 14.5 Å². The van der Waals surface area contributed by atoms with Crippen molar-refractivity contribution in [1.82, 2.24) is 15.0 Å². The lowest BCUT2D eigenvalue weighted by Gasteiger charge is -2.18. The van der Waals surface area contributed by atoms with E-state index in [1.807, 2.05) is 0 Å². The van der Waals surface area contributed by atoms with Gasteiger partial charge in [0, 0.05) is 25.8 Å². The number of carboxylic acid groups (broad SMARTS) is 1. The second-order valence-corrected chi connectivity index (χ2v) is 8.67. The standard InChI is InChI=1S/C16H30N3O5P/c1-6-23-25(5,22)24-15(16(20)21)10-14-11-19(18-17-14)9-7-8-13(4)12(2)3/h11-13,15H,6-10H2,1-5H3,(H,20,21). The molecule has 0 amide bonds. The van der Waals surface area contributed by atoms with Crippen LogP contribution >= 0.6 is 7.60 Å². The van der Waals surface area contributed by atoms with Crippen LogP contribution in [0.15, 0.2) is 6.20 Å². The molecule has 1 rings (SSSR count). The van der Waals surface area contributed by atoms with Gasteiger partial charge in [-0.05, 0) is 31.6 Å². The topological polar surface area (TPSA) is 104 Å². The van der Waals surface area contributed by atoms with E-state index in [1.54, 1.807) is 17.8 Å². The van der Waals surface area contributed by atoms with Gasteiger partial charge in [-0.3, -0.25) is 13.8 Å². The van der Waals surface area contributed by atoms with Gasteiger partial charge >= 0.3 is 13.6 Å². The first-order valence-corrected chi connectivity index (χ1v) is 10.7. The zero-order valence-electron chi connectivity index (χ0n) is 15.7. The number of carbonyl (C=O) groups is 1. The summed E-state index contributed by atoms with van der Waals surface area (Å²) in [5.41, 5.74) is 0.487. The molecule has 3 atom stereocenters. The third-order valence-electron chi connectivity index (χ3n) is 4.12. The van der Waals surface area contributed by atoms with E-state index in [-0.39, 0.29) is 13.0 Å². The van der Waals surface area contributed by atoms with Crippen molar-refractivity contribution in [3.05, 3.63) is 11.9 Å². The first-order valence-electron chi connectivity index (χ1n) is 8.66. The van der Waals surface area contributed by atoms with Gasteiger partial charge < -0.3 is 9.63 Å². The Bertz CT molecular complexity index is 590. The van der Waals surface area contributed by atoms with Crippen molar-refractivity contribution in [3.63, 3.8) is 0 Å². The summed E-state index contributed by atoms with van der Waals surface area (Å²) >= 11 is 0. The van der Waals surface area contributed by atoms with Crippen LogP contribution in [0.5, 0.6) is 0 Å². The van der Waals surface area contributed by atoms with E-state index < -0.39 is 19.7 Å². The summed E-state index contributed by atoms with van der Waals surface area (Å²) in [7, 11) is -3.41. The lowest BCUT2D eigenvalue weighted by Crippen LogP contribution is -2.25. The molecule has 0 saturated carbocycles. The predicted octanol–water partition coefficient (Wildman–Crippen LogP) is 3.22. The summed E-state index contributed by atoms with van der Waals surface area (Å²) in [4.78, 5) is 11.3. The Labute approximate surface area is 149 Å². The van der Waals surface area contributed by atoms with Gasteiger partial charge in [0.15, 0.2) is 6.10 Å². The highest BCUT2D eigenvalue weighted by Crippen LogP contribution is 2.45. The van der Waals surface area contributed by atoms with Gasteiger partial charge in [-0.15, -0.1) is 5.10 Å². The van der Waals surface area contributed by atoms with Crippen molar-refractivity contribution in [2.24, 2.45) is 11.8 Å². The molecule has 3 unspecified atom stereocenters. The molecule has 8 nitrogen and oxygen atoms in total. The van der Waals surface area contributed by atoms with Crippen molar-refractivity contribution in [1.29, 1.82) is 0 Å². The quantitative estimate of drug-likeness (QED) is 0.559. The Balaban J connectivity index is 2.58. The van der Waals surface area contributed by atoms with Crippen LogP contribution in [0, 0.1) is 11.8 Å². The number of aryl methyl sites for hydroxylation is 1. The molecule has 1 heterocycles. The Hall–Kier alpha value is -1.24. The highest BCUT2D eigenvalue weighted by atomic mass is 31.2. The Kier molecular flexibility index (Phi) is 8.76. The van der Waals surface area contributed by atoms with Crippen LogP contribution in [-0.2, 0) is 31.4 Å². The summed E-state index contributed by atoms with van der Waals surface area (Å²) < 4.78 is 23.9. The smallest absolute Gasteiger partial charge is 0.333 e. The van der Waals surface area contributed by atoms with Crippen molar-refractivity contribution in [2.45, 2.75) is 59.6 Å². The summed E-state index contributed by atoms with van der Waals surface area (Å²) in [6, 6.07) is 0. The minimum absolute atomic E-state index is 0.0113. The van der Waals surface area contributed by atoms with Gasteiger partial charge in [0.25, 0.3) is 0 Å². The van der Waals surface area contributed by atoms with Crippen LogP contribution < -0.4 is 0 Å². The maximum Gasteiger partial charge on any atom is 0.333 e. The third-order valence-corrected chi connectivity index (χ3v) is 5.49. The zero-order valence-corrected chi connectivity index (χ0v) is 16.6. The predicted molar refractivity (Wildman–Crippen MR) is 94.6 cm³/mol. The van der Waals surface area contributed by atoms with E-state index in [0.717, 1.165) is 19.4 Å². The molecule has 0 spiro atoms. The number of carboxylic acids is 1. The summed E-state index contributed by atoms with van der Waals surface area (Å²) in [6.07, 6.45) is 2.49. The molecule has 0 radical (unpaired) electrons. The zero-order chi connectivity index (χ0) is 19.0. The van der Waals surface area contributed by atoms with Gasteiger partial charge in [0.2, 0.25) is 0 Å². The molecule has 0 fully saturated rings. The number of aliphatic carboxylic acids is 1. The van der Waals surface area contributed by atoms with E-state index in [1.165, 1.54) is 6.66 Å². The summed E-state index contributed by atoms with van der Waals surface area (Å²) in [5.74, 6) is 0.0852. The largest absolute Gasteiger partial charge is 0.479 e. The van der Waals surface area contributed by atoms with Crippen LogP contribution in [0.1, 0.15) is 46.2 Å². The average Bonchev–Trinajstić information content (AvgIpc) is 2.93. The monoisotopic (exact) mass is 375 g/mol. The average molecular weight is 375 g/mol. The minimum Gasteiger partial charge on any atom is -0.479 e. The normalized spacial score (nSPS) is 16.6. The molecule has 0 saturated heterocycles. The SMILES string of the molecule is CCOP(C)(=O)OC(Cc1cn(CCCC(C)C(C)C)nn1)C(=O)O. The number of hydrogen-bond donors (Lipinski definition) is 1. The molecule has 1 N–H and O–H groups in total. The molecule has 0 aliphatic rings. The van der Waals surface area contributed by atoms with Gasteiger partial charge in [-0.25, -0.2) is 4.79 Å². The molecule has 0 aliphatic heterocycles. The van der Waals surface area contributed by atoms with Gasteiger partial charge in [-0.2, -0.15) is 0 Å². The Morgan fingerprint density at radius 3 is 2.64 bits per heavy atom. The fraction of sp³-hybridized carbons (Fsp3) is 0.812. The molecule has 0 aliphatic carbocycles. The van der Waals surface area contributed by atoms with Crippen LogP contribution in [0.25, 0.3) is 0 Å². The Morgan fingerprint density at radius 2 is 2.08 bits per heavy atom. The fourth-order valence-electron chi connectivity index (χ4n) is 2.31. The molecule has 0 bridgehead atoms. The summed E-state index contributed by atoms with van der Waals surface area (Å²) in [5, 5.41) is 17.3. The second kappa shape index (κ2) is 10.0. The maximum atomic E-state index is 12.0. The number of hydrogen-bond acceptors (Lipinski definition) is 6. The first-order chi connectivity index (χ1) is 11.6.